The third-order valence-corrected chi connectivity index (χ3v) is 4.07. The highest BCUT2D eigenvalue weighted by molar-refractivity contribution is 7.99. The molecule has 0 aliphatic heterocycles. The van der Waals surface area contributed by atoms with Gasteiger partial charge < -0.3 is 15.5 Å². The molecule has 1 aromatic rings. The number of thioether (sulfide) groups is 1. The van der Waals surface area contributed by atoms with Crippen molar-refractivity contribution in [2.45, 2.75) is 25.1 Å². The molecule has 0 saturated heterocycles. The van der Waals surface area contributed by atoms with Gasteiger partial charge in [0.05, 0.1) is 11.9 Å². The van der Waals surface area contributed by atoms with Crippen LogP contribution in [0.15, 0.2) is 24.3 Å². The molecule has 1 unspecified atom stereocenters. The van der Waals surface area contributed by atoms with E-state index in [2.05, 4.69) is 5.32 Å². The maximum Gasteiger partial charge on any atom is 0.327 e. The molecule has 1 amide bonds. The lowest BCUT2D eigenvalue weighted by molar-refractivity contribution is -0.140. The topological polar surface area (TPSA) is 86.6 Å². The zero-order chi connectivity index (χ0) is 15.1. The van der Waals surface area contributed by atoms with Crippen LogP contribution in [-0.2, 0) is 9.59 Å². The van der Waals surface area contributed by atoms with E-state index in [1.807, 2.05) is 31.2 Å². The lowest BCUT2D eigenvalue weighted by atomic mass is 10.1. The third kappa shape index (κ3) is 5.22. The molecule has 0 heterocycles. The van der Waals surface area contributed by atoms with Crippen molar-refractivity contribution in [3.8, 4) is 0 Å². The van der Waals surface area contributed by atoms with Crippen LogP contribution in [0, 0.1) is 6.92 Å². The summed E-state index contributed by atoms with van der Waals surface area (Å²) in [5.74, 6) is -1.25. The molecule has 0 fully saturated rings. The first-order chi connectivity index (χ1) is 9.43. The van der Waals surface area contributed by atoms with Crippen LogP contribution in [0.1, 0.15) is 23.3 Å². The highest BCUT2D eigenvalue weighted by Crippen LogP contribution is 2.29. The predicted molar refractivity (Wildman–Crippen MR) is 78.7 cm³/mol. The molecular weight excluding hydrogens is 278 g/mol. The smallest absolute Gasteiger partial charge is 0.327 e. The Bertz CT molecular complexity index is 478. The quantitative estimate of drug-likeness (QED) is 0.707. The van der Waals surface area contributed by atoms with Crippen LogP contribution in [0.5, 0.6) is 0 Å². The standard InChI is InChI=1S/C14H19NO4S/c1-9-4-3-5-11(6-9)13(7-16)20-8-12(14(18)19)15-10(2)17/h3-6,12-13,16H,7-8H2,1-2H3,(H,15,17)(H,18,19)/t12-,13?/m0/s1. The Morgan fingerprint density at radius 3 is 2.60 bits per heavy atom. The third-order valence-electron chi connectivity index (χ3n) is 2.72. The number of amides is 1. The van der Waals surface area contributed by atoms with Crippen LogP contribution >= 0.6 is 11.8 Å². The molecule has 1 rings (SSSR count). The van der Waals surface area contributed by atoms with Crippen LogP contribution in [-0.4, -0.2) is 40.5 Å². The average molecular weight is 297 g/mol. The van der Waals surface area contributed by atoms with E-state index in [9.17, 15) is 14.7 Å². The molecule has 0 aromatic heterocycles. The number of carboxylic acids is 1. The van der Waals surface area contributed by atoms with E-state index < -0.39 is 12.0 Å². The van der Waals surface area contributed by atoms with Gasteiger partial charge in [-0.1, -0.05) is 29.8 Å². The number of carbonyl (C=O) groups excluding carboxylic acids is 1. The van der Waals surface area contributed by atoms with Crippen molar-refractivity contribution in [2.75, 3.05) is 12.4 Å². The van der Waals surface area contributed by atoms with Gasteiger partial charge in [0.25, 0.3) is 0 Å². The minimum absolute atomic E-state index is 0.0828. The van der Waals surface area contributed by atoms with Gasteiger partial charge in [-0.25, -0.2) is 4.79 Å². The van der Waals surface area contributed by atoms with Crippen molar-refractivity contribution in [3.05, 3.63) is 35.4 Å². The van der Waals surface area contributed by atoms with Gasteiger partial charge in [-0.15, -0.1) is 11.8 Å². The first-order valence-electron chi connectivity index (χ1n) is 6.23. The van der Waals surface area contributed by atoms with Gasteiger partial charge in [-0.3, -0.25) is 4.79 Å². The fourth-order valence-electron chi connectivity index (χ4n) is 1.76. The SMILES string of the molecule is CC(=O)N[C@@H](CSC(CO)c1cccc(C)c1)C(=O)O. The summed E-state index contributed by atoms with van der Waals surface area (Å²) in [6.07, 6.45) is 0. The van der Waals surface area contributed by atoms with Gasteiger partial charge in [-0.2, -0.15) is 0 Å². The van der Waals surface area contributed by atoms with Crippen molar-refractivity contribution in [1.29, 1.82) is 0 Å². The fourth-order valence-corrected chi connectivity index (χ4v) is 2.85. The number of aryl methyl sites for hydroxylation is 1. The fraction of sp³-hybridized carbons (Fsp3) is 0.429. The molecule has 3 N–H and O–H groups in total. The van der Waals surface area contributed by atoms with Crippen molar-refractivity contribution in [2.24, 2.45) is 0 Å². The molecule has 0 spiro atoms. The zero-order valence-electron chi connectivity index (χ0n) is 11.5. The Morgan fingerprint density at radius 1 is 1.40 bits per heavy atom. The molecule has 2 atom stereocenters. The van der Waals surface area contributed by atoms with Gasteiger partial charge in [0.15, 0.2) is 0 Å². The number of aliphatic hydroxyl groups is 1. The van der Waals surface area contributed by atoms with E-state index in [1.54, 1.807) is 0 Å². The molecular formula is C14H19NO4S. The first kappa shape index (κ1) is 16.5. The summed E-state index contributed by atoms with van der Waals surface area (Å²) >= 11 is 1.32. The van der Waals surface area contributed by atoms with Crippen LogP contribution < -0.4 is 5.32 Å². The normalized spacial score (nSPS) is 13.6. The van der Waals surface area contributed by atoms with E-state index >= 15 is 0 Å². The van der Waals surface area contributed by atoms with Gasteiger partial charge in [-0.05, 0) is 12.5 Å². The summed E-state index contributed by atoms with van der Waals surface area (Å²) < 4.78 is 0. The molecule has 0 aliphatic rings. The molecule has 0 radical (unpaired) electrons. The van der Waals surface area contributed by atoms with Gasteiger partial charge in [0.1, 0.15) is 6.04 Å². The highest BCUT2D eigenvalue weighted by atomic mass is 32.2. The Balaban J connectivity index is 2.68. The number of carboxylic acid groups (broad SMARTS) is 1. The Morgan fingerprint density at radius 2 is 2.10 bits per heavy atom. The van der Waals surface area contributed by atoms with E-state index in [1.165, 1.54) is 18.7 Å². The lowest BCUT2D eigenvalue weighted by Crippen LogP contribution is -2.41. The summed E-state index contributed by atoms with van der Waals surface area (Å²) in [5, 5.41) is 20.7. The second kappa shape index (κ2) is 7.91. The summed E-state index contributed by atoms with van der Waals surface area (Å²) in [7, 11) is 0. The second-order valence-electron chi connectivity index (χ2n) is 4.51. The summed E-state index contributed by atoms with van der Waals surface area (Å²) in [4.78, 5) is 22.0. The molecule has 6 heteroatoms. The number of carbonyl (C=O) groups is 2. The van der Waals surface area contributed by atoms with Crippen LogP contribution in [0.3, 0.4) is 0 Å². The Hall–Kier alpha value is -1.53. The lowest BCUT2D eigenvalue weighted by Gasteiger charge is -2.18. The van der Waals surface area contributed by atoms with Crippen LogP contribution in [0.2, 0.25) is 0 Å². The zero-order valence-corrected chi connectivity index (χ0v) is 12.3. The molecule has 20 heavy (non-hydrogen) atoms. The molecule has 0 bridgehead atoms. The molecule has 1 aromatic carbocycles. The van der Waals surface area contributed by atoms with Crippen molar-refractivity contribution in [3.63, 3.8) is 0 Å². The van der Waals surface area contributed by atoms with Crippen molar-refractivity contribution >= 4 is 23.6 Å². The van der Waals surface area contributed by atoms with Gasteiger partial charge >= 0.3 is 5.97 Å². The second-order valence-corrected chi connectivity index (χ2v) is 5.75. The number of aliphatic hydroxyl groups excluding tert-OH is 1. The van der Waals surface area contributed by atoms with Gasteiger partial charge in [0.2, 0.25) is 5.91 Å². The number of hydrogen-bond donors (Lipinski definition) is 3. The van der Waals surface area contributed by atoms with E-state index in [-0.39, 0.29) is 23.5 Å². The molecule has 0 aliphatic carbocycles. The molecule has 0 saturated carbocycles. The maximum atomic E-state index is 11.0. The maximum absolute atomic E-state index is 11.0. The minimum atomic E-state index is -1.08. The monoisotopic (exact) mass is 297 g/mol. The average Bonchev–Trinajstić information content (AvgIpc) is 2.37. The van der Waals surface area contributed by atoms with E-state index in [4.69, 9.17) is 5.11 Å². The highest BCUT2D eigenvalue weighted by Gasteiger charge is 2.21. The molecule has 110 valence electrons. The van der Waals surface area contributed by atoms with Crippen molar-refractivity contribution in [1.82, 2.24) is 5.32 Å². The predicted octanol–water partition coefficient (Wildman–Crippen LogP) is 1.35. The minimum Gasteiger partial charge on any atom is -0.480 e. The summed E-state index contributed by atoms with van der Waals surface area (Å²) in [5.41, 5.74) is 2.03. The molecule has 5 nitrogen and oxygen atoms in total. The Kier molecular flexibility index (Phi) is 6.54. The van der Waals surface area contributed by atoms with Crippen molar-refractivity contribution < 1.29 is 19.8 Å². The van der Waals surface area contributed by atoms with Crippen LogP contribution in [0.4, 0.5) is 0 Å². The Labute approximate surface area is 122 Å². The largest absolute Gasteiger partial charge is 0.480 e. The summed E-state index contributed by atoms with van der Waals surface area (Å²) in [6.45, 7) is 3.16. The number of rotatable bonds is 7. The van der Waals surface area contributed by atoms with E-state index in [0.29, 0.717) is 0 Å². The van der Waals surface area contributed by atoms with E-state index in [0.717, 1.165) is 11.1 Å². The number of aliphatic carboxylic acids is 1. The number of benzene rings is 1. The number of hydrogen-bond acceptors (Lipinski definition) is 4. The first-order valence-corrected chi connectivity index (χ1v) is 7.28. The number of nitrogens with one attached hydrogen (secondary N) is 1. The van der Waals surface area contributed by atoms with Gasteiger partial charge in [0, 0.05) is 12.7 Å². The van der Waals surface area contributed by atoms with Crippen LogP contribution in [0.25, 0.3) is 0 Å². The summed E-state index contributed by atoms with van der Waals surface area (Å²) in [6, 6.07) is 6.77.